The molecule has 0 aliphatic rings. The number of methoxy groups -OCH3 is 1. The van der Waals surface area contributed by atoms with E-state index in [0.29, 0.717) is 17.6 Å². The number of hydrogen-bond acceptors (Lipinski definition) is 4. The van der Waals surface area contributed by atoms with Crippen LogP contribution in [-0.2, 0) is 16.1 Å². The van der Waals surface area contributed by atoms with E-state index in [0.717, 1.165) is 5.39 Å². The molecule has 1 aromatic heterocycles. The third-order valence-electron chi connectivity index (χ3n) is 2.67. The summed E-state index contributed by atoms with van der Waals surface area (Å²) in [4.78, 5) is 11.0. The number of esters is 1. The summed E-state index contributed by atoms with van der Waals surface area (Å²) in [5.74, 6) is -0.183. The Morgan fingerprint density at radius 1 is 1.53 bits per heavy atom. The first-order valence-corrected chi connectivity index (χ1v) is 5.26. The molecule has 1 heterocycles. The van der Waals surface area contributed by atoms with E-state index in [-0.39, 0.29) is 18.3 Å². The number of carbonyl (C=O) groups excluding carboxylic acids is 1. The van der Waals surface area contributed by atoms with Crippen LogP contribution < -0.4 is 5.73 Å². The average Bonchev–Trinajstić information content (AvgIpc) is 2.63. The zero-order valence-electron chi connectivity index (χ0n) is 9.51. The van der Waals surface area contributed by atoms with Crippen LogP contribution in [0.2, 0.25) is 0 Å². The molecular formula is C12H14N2O3. The molecule has 0 aliphatic carbocycles. The molecule has 0 unspecified atom stereocenters. The van der Waals surface area contributed by atoms with Gasteiger partial charge in [0.2, 0.25) is 0 Å². The van der Waals surface area contributed by atoms with Crippen molar-refractivity contribution in [2.45, 2.75) is 13.0 Å². The first-order chi connectivity index (χ1) is 8.11. The van der Waals surface area contributed by atoms with Gasteiger partial charge in [-0.3, -0.25) is 4.79 Å². The van der Waals surface area contributed by atoms with Crippen molar-refractivity contribution in [2.75, 3.05) is 12.8 Å². The second-order valence-electron chi connectivity index (χ2n) is 3.82. The number of carbonyl (C=O) groups is 1. The Morgan fingerprint density at radius 3 is 3.00 bits per heavy atom. The van der Waals surface area contributed by atoms with Gasteiger partial charge in [-0.1, -0.05) is 6.07 Å². The molecule has 17 heavy (non-hydrogen) atoms. The van der Waals surface area contributed by atoms with Gasteiger partial charge in [0.15, 0.2) is 5.88 Å². The molecule has 0 saturated heterocycles. The summed E-state index contributed by atoms with van der Waals surface area (Å²) in [5, 5.41) is 11.5. The monoisotopic (exact) mass is 234 g/mol. The van der Waals surface area contributed by atoms with E-state index in [2.05, 4.69) is 4.74 Å². The third kappa shape index (κ3) is 2.18. The van der Waals surface area contributed by atoms with Crippen LogP contribution in [0.1, 0.15) is 6.42 Å². The van der Waals surface area contributed by atoms with Gasteiger partial charge in [0.25, 0.3) is 0 Å². The second kappa shape index (κ2) is 4.37. The molecule has 0 fully saturated rings. The Labute approximate surface area is 98.4 Å². The highest BCUT2D eigenvalue weighted by Gasteiger charge is 2.09. The number of aromatic nitrogens is 1. The molecule has 0 spiro atoms. The lowest BCUT2D eigenvalue weighted by molar-refractivity contribution is -0.140. The van der Waals surface area contributed by atoms with Crippen LogP contribution in [0.25, 0.3) is 10.8 Å². The van der Waals surface area contributed by atoms with Crippen molar-refractivity contribution in [1.29, 1.82) is 0 Å². The summed E-state index contributed by atoms with van der Waals surface area (Å²) in [7, 11) is 1.34. The van der Waals surface area contributed by atoms with Gasteiger partial charge >= 0.3 is 5.97 Å². The number of nitrogens with two attached hydrogens (primary N) is 1. The molecule has 2 rings (SSSR count). The number of nitrogen functional groups attached to an aromatic ring is 1. The second-order valence-corrected chi connectivity index (χ2v) is 3.82. The fourth-order valence-corrected chi connectivity index (χ4v) is 1.75. The maximum Gasteiger partial charge on any atom is 0.307 e. The van der Waals surface area contributed by atoms with Crippen LogP contribution in [-0.4, -0.2) is 22.8 Å². The van der Waals surface area contributed by atoms with Gasteiger partial charge in [0, 0.05) is 29.2 Å². The summed E-state index contributed by atoms with van der Waals surface area (Å²) in [5.41, 5.74) is 6.25. The zero-order valence-corrected chi connectivity index (χ0v) is 9.51. The smallest absolute Gasteiger partial charge is 0.307 e. The number of rotatable bonds is 3. The number of anilines is 1. The van der Waals surface area contributed by atoms with E-state index >= 15 is 0 Å². The van der Waals surface area contributed by atoms with Crippen LogP contribution in [0.4, 0.5) is 5.69 Å². The highest BCUT2D eigenvalue weighted by Crippen LogP contribution is 2.28. The zero-order chi connectivity index (χ0) is 12.4. The molecule has 0 amide bonds. The van der Waals surface area contributed by atoms with Gasteiger partial charge in [-0.15, -0.1) is 0 Å². The maximum atomic E-state index is 11.0. The molecule has 1 aromatic carbocycles. The van der Waals surface area contributed by atoms with Crippen molar-refractivity contribution >= 4 is 22.4 Å². The van der Waals surface area contributed by atoms with E-state index in [1.54, 1.807) is 22.9 Å². The van der Waals surface area contributed by atoms with Gasteiger partial charge in [-0.2, -0.15) is 0 Å². The lowest BCUT2D eigenvalue weighted by atomic mass is 10.2. The summed E-state index contributed by atoms with van der Waals surface area (Å²) in [6, 6.07) is 5.31. The molecular weight excluding hydrogens is 220 g/mol. The molecule has 3 N–H and O–H groups in total. The van der Waals surface area contributed by atoms with Crippen molar-refractivity contribution < 1.29 is 14.6 Å². The fourth-order valence-electron chi connectivity index (χ4n) is 1.75. The first kappa shape index (κ1) is 11.3. The number of aryl methyl sites for hydroxylation is 1. The largest absolute Gasteiger partial charge is 0.494 e. The van der Waals surface area contributed by atoms with E-state index in [1.807, 2.05) is 6.07 Å². The van der Waals surface area contributed by atoms with Gasteiger partial charge in [0.1, 0.15) is 0 Å². The summed E-state index contributed by atoms with van der Waals surface area (Å²) < 4.78 is 6.16. The lowest BCUT2D eigenvalue weighted by Crippen LogP contribution is -2.05. The molecule has 0 saturated carbocycles. The Hall–Kier alpha value is -2.17. The lowest BCUT2D eigenvalue weighted by Gasteiger charge is -2.03. The van der Waals surface area contributed by atoms with Crippen molar-refractivity contribution in [3.8, 4) is 5.88 Å². The molecule has 2 aromatic rings. The van der Waals surface area contributed by atoms with E-state index in [1.165, 1.54) is 7.11 Å². The first-order valence-electron chi connectivity index (χ1n) is 5.26. The summed E-state index contributed by atoms with van der Waals surface area (Å²) in [6.07, 6.45) is 2.01. The van der Waals surface area contributed by atoms with Gasteiger partial charge in [-0.25, -0.2) is 0 Å². The van der Waals surface area contributed by atoms with Crippen molar-refractivity contribution in [2.24, 2.45) is 0 Å². The number of hydrogen-bond donors (Lipinski definition) is 2. The van der Waals surface area contributed by atoms with Gasteiger partial charge in [-0.05, 0) is 12.1 Å². The summed E-state index contributed by atoms with van der Waals surface area (Å²) >= 11 is 0. The van der Waals surface area contributed by atoms with E-state index in [9.17, 15) is 9.90 Å². The van der Waals surface area contributed by atoms with E-state index < -0.39 is 0 Å². The molecule has 0 radical (unpaired) electrons. The molecule has 90 valence electrons. The van der Waals surface area contributed by atoms with Crippen LogP contribution in [0, 0.1) is 0 Å². The predicted octanol–water partition coefficient (Wildman–Crippen LogP) is 1.49. The molecule has 5 heteroatoms. The summed E-state index contributed by atoms with van der Waals surface area (Å²) in [6.45, 7) is 0.382. The fraction of sp³-hybridized carbons (Fsp3) is 0.250. The quantitative estimate of drug-likeness (QED) is 0.623. The Morgan fingerprint density at radius 2 is 2.29 bits per heavy atom. The minimum Gasteiger partial charge on any atom is -0.494 e. The Kier molecular flexibility index (Phi) is 2.91. The number of aromatic hydroxyl groups is 1. The standard InChI is InChI=1S/C12H14N2O3/c1-17-11(15)4-5-14-7-8-2-3-9(13)6-10(8)12(14)16/h2-3,6-7,16H,4-5,13H2,1H3. The maximum absolute atomic E-state index is 11.0. The third-order valence-corrected chi connectivity index (χ3v) is 2.67. The van der Waals surface area contributed by atoms with Crippen molar-refractivity contribution in [3.05, 3.63) is 24.4 Å². The predicted molar refractivity (Wildman–Crippen MR) is 64.6 cm³/mol. The Bertz CT molecular complexity index is 560. The number of fused-ring (bicyclic) bond motifs is 1. The SMILES string of the molecule is COC(=O)CCn1cc2ccc(N)cc2c1O. The minimum atomic E-state index is -0.304. The molecule has 0 atom stereocenters. The van der Waals surface area contributed by atoms with Crippen LogP contribution in [0.15, 0.2) is 24.4 Å². The normalized spacial score (nSPS) is 10.6. The molecule has 0 bridgehead atoms. The van der Waals surface area contributed by atoms with Crippen molar-refractivity contribution in [3.63, 3.8) is 0 Å². The number of nitrogens with zero attached hydrogens (tertiary/aromatic N) is 1. The highest BCUT2D eigenvalue weighted by molar-refractivity contribution is 5.90. The van der Waals surface area contributed by atoms with Gasteiger partial charge < -0.3 is 20.1 Å². The average molecular weight is 234 g/mol. The highest BCUT2D eigenvalue weighted by atomic mass is 16.5. The Balaban J connectivity index is 2.29. The molecule has 5 nitrogen and oxygen atoms in total. The number of benzene rings is 1. The van der Waals surface area contributed by atoms with Crippen LogP contribution in [0.5, 0.6) is 5.88 Å². The van der Waals surface area contributed by atoms with Crippen LogP contribution in [0.3, 0.4) is 0 Å². The molecule has 0 aliphatic heterocycles. The number of ether oxygens (including phenoxy) is 1. The van der Waals surface area contributed by atoms with Crippen molar-refractivity contribution in [1.82, 2.24) is 4.57 Å². The minimum absolute atomic E-state index is 0.121. The van der Waals surface area contributed by atoms with Gasteiger partial charge in [0.05, 0.1) is 13.5 Å². The van der Waals surface area contributed by atoms with Crippen LogP contribution >= 0.6 is 0 Å². The van der Waals surface area contributed by atoms with E-state index in [4.69, 9.17) is 5.73 Å². The topological polar surface area (TPSA) is 77.5 Å².